The topological polar surface area (TPSA) is 39.7 Å². The van der Waals surface area contributed by atoms with Crippen molar-refractivity contribution in [2.45, 2.75) is 45.6 Å². The minimum absolute atomic E-state index is 0.156. The Bertz CT molecular complexity index is 711. The van der Waals surface area contributed by atoms with E-state index in [1.807, 2.05) is 18.5 Å². The number of carbonyl (C=O) groups excluding carboxylic acids is 1. The lowest BCUT2D eigenvalue weighted by Crippen LogP contribution is -2.53. The molecule has 0 aromatic carbocycles. The molecule has 3 aliphatic heterocycles. The average Bonchev–Trinajstić information content (AvgIpc) is 3.40. The molecule has 1 atom stereocenters. The van der Waals surface area contributed by atoms with Crippen LogP contribution < -0.4 is 0 Å². The number of hydrogen-bond acceptors (Lipinski definition) is 4. The number of pyridine rings is 1. The summed E-state index contributed by atoms with van der Waals surface area (Å²) in [4.78, 5) is 25.2. The Balaban J connectivity index is 1.37. The zero-order valence-electron chi connectivity index (χ0n) is 17.3. The van der Waals surface area contributed by atoms with Crippen molar-refractivity contribution in [3.63, 3.8) is 0 Å². The van der Waals surface area contributed by atoms with E-state index in [2.05, 4.69) is 32.7 Å². The van der Waals surface area contributed by atoms with Crippen LogP contribution in [0.1, 0.15) is 44.6 Å². The van der Waals surface area contributed by atoms with Crippen LogP contribution in [0.5, 0.6) is 0 Å². The van der Waals surface area contributed by atoms with Gasteiger partial charge >= 0.3 is 0 Å². The molecule has 4 aliphatic rings. The van der Waals surface area contributed by atoms with Crippen molar-refractivity contribution in [3.05, 3.63) is 30.1 Å². The number of rotatable bonds is 5. The van der Waals surface area contributed by atoms with Gasteiger partial charge in [0.1, 0.15) is 0 Å². The van der Waals surface area contributed by atoms with Crippen LogP contribution in [0.15, 0.2) is 24.5 Å². The quantitative estimate of drug-likeness (QED) is 0.785. The van der Waals surface area contributed by atoms with Crippen LogP contribution in [0.4, 0.5) is 0 Å². The molecular formula is C23H34N4O. The van der Waals surface area contributed by atoms with Gasteiger partial charge in [-0.1, -0.05) is 6.07 Å². The summed E-state index contributed by atoms with van der Waals surface area (Å²) in [6.45, 7) is 10.5. The SMILES string of the molecule is CCN1CCC2(CN(Cc3cccnc3)CC23CCN(CC2CC2)CC3)C1=O. The molecule has 0 radical (unpaired) electrons. The van der Waals surface area contributed by atoms with Gasteiger partial charge in [-0.05, 0) is 69.7 Å². The number of nitrogens with zero attached hydrogens (tertiary/aromatic N) is 4. The van der Waals surface area contributed by atoms with Crippen molar-refractivity contribution in [3.8, 4) is 0 Å². The van der Waals surface area contributed by atoms with Gasteiger partial charge in [-0.25, -0.2) is 0 Å². The number of amides is 1. The summed E-state index contributed by atoms with van der Waals surface area (Å²) in [5.74, 6) is 1.40. The predicted molar refractivity (Wildman–Crippen MR) is 110 cm³/mol. The first-order chi connectivity index (χ1) is 13.6. The van der Waals surface area contributed by atoms with Crippen molar-refractivity contribution < 1.29 is 4.79 Å². The van der Waals surface area contributed by atoms with Gasteiger partial charge in [-0.2, -0.15) is 0 Å². The molecule has 3 saturated heterocycles. The second kappa shape index (κ2) is 7.10. The van der Waals surface area contributed by atoms with E-state index in [0.717, 1.165) is 45.1 Å². The Labute approximate surface area is 169 Å². The molecule has 1 aromatic heterocycles. The van der Waals surface area contributed by atoms with Crippen LogP contribution in [-0.2, 0) is 11.3 Å². The summed E-state index contributed by atoms with van der Waals surface area (Å²) in [6, 6.07) is 4.19. The van der Waals surface area contributed by atoms with Crippen molar-refractivity contribution in [2.75, 3.05) is 45.8 Å². The number of carbonyl (C=O) groups is 1. The van der Waals surface area contributed by atoms with Gasteiger partial charge in [-0.15, -0.1) is 0 Å². The van der Waals surface area contributed by atoms with Gasteiger partial charge in [0.25, 0.3) is 0 Å². The standard InChI is InChI=1S/C23H34N4O/c1-2-27-13-9-23(21(27)28)18-26(16-20-4-3-10-24-14-20)17-22(23)7-11-25(12-8-22)15-19-5-6-19/h3-4,10,14,19H,2,5-9,11-13,15-18H2,1H3. The fourth-order valence-electron chi connectivity index (χ4n) is 6.29. The van der Waals surface area contributed by atoms with E-state index in [9.17, 15) is 4.79 Å². The maximum atomic E-state index is 13.6. The smallest absolute Gasteiger partial charge is 0.230 e. The largest absolute Gasteiger partial charge is 0.342 e. The third-order valence-electron chi connectivity index (χ3n) is 8.08. The molecule has 4 fully saturated rings. The number of aromatic nitrogens is 1. The Kier molecular flexibility index (Phi) is 4.71. The highest BCUT2D eigenvalue weighted by Crippen LogP contribution is 2.58. The predicted octanol–water partition coefficient (Wildman–Crippen LogP) is 2.63. The molecule has 1 unspecified atom stereocenters. The molecule has 152 valence electrons. The Hall–Kier alpha value is -1.46. The number of fused-ring (bicyclic) bond motifs is 1. The number of hydrogen-bond donors (Lipinski definition) is 0. The second-order valence-electron chi connectivity index (χ2n) is 9.75. The first-order valence-electron chi connectivity index (χ1n) is 11.3. The summed E-state index contributed by atoms with van der Waals surface area (Å²) in [5.41, 5.74) is 1.27. The van der Waals surface area contributed by atoms with Crippen LogP contribution in [0, 0.1) is 16.7 Å². The zero-order valence-corrected chi connectivity index (χ0v) is 17.3. The van der Waals surface area contributed by atoms with E-state index < -0.39 is 0 Å². The molecule has 5 nitrogen and oxygen atoms in total. The second-order valence-corrected chi connectivity index (χ2v) is 9.75. The molecule has 1 amide bonds. The highest BCUT2D eigenvalue weighted by Gasteiger charge is 2.64. The van der Waals surface area contributed by atoms with Crippen LogP contribution in [-0.4, -0.2) is 71.4 Å². The molecule has 2 spiro atoms. The maximum absolute atomic E-state index is 13.6. The summed E-state index contributed by atoms with van der Waals surface area (Å²) < 4.78 is 0. The molecule has 1 saturated carbocycles. The molecule has 0 bridgehead atoms. The minimum atomic E-state index is -0.156. The fraction of sp³-hybridized carbons (Fsp3) is 0.739. The first-order valence-corrected chi connectivity index (χ1v) is 11.3. The van der Waals surface area contributed by atoms with Crippen LogP contribution in [0.3, 0.4) is 0 Å². The van der Waals surface area contributed by atoms with E-state index >= 15 is 0 Å². The van der Waals surface area contributed by atoms with Crippen molar-refractivity contribution in [2.24, 2.45) is 16.7 Å². The van der Waals surface area contributed by atoms with Gasteiger partial charge in [0, 0.05) is 57.1 Å². The van der Waals surface area contributed by atoms with Gasteiger partial charge < -0.3 is 9.80 Å². The third kappa shape index (κ3) is 3.07. The summed E-state index contributed by atoms with van der Waals surface area (Å²) in [5, 5.41) is 0. The molecule has 0 N–H and O–H groups in total. The highest BCUT2D eigenvalue weighted by atomic mass is 16.2. The monoisotopic (exact) mass is 382 g/mol. The zero-order chi connectivity index (χ0) is 19.2. The van der Waals surface area contributed by atoms with E-state index in [4.69, 9.17) is 0 Å². The Morgan fingerprint density at radius 1 is 1.11 bits per heavy atom. The number of likely N-dealkylation sites (tertiary alicyclic amines) is 3. The van der Waals surface area contributed by atoms with E-state index in [0.29, 0.717) is 5.91 Å². The fourth-order valence-corrected chi connectivity index (χ4v) is 6.29. The van der Waals surface area contributed by atoms with Crippen molar-refractivity contribution in [1.82, 2.24) is 19.7 Å². The van der Waals surface area contributed by atoms with Crippen LogP contribution in [0.2, 0.25) is 0 Å². The summed E-state index contributed by atoms with van der Waals surface area (Å²) >= 11 is 0. The van der Waals surface area contributed by atoms with E-state index in [-0.39, 0.29) is 10.8 Å². The molecular weight excluding hydrogens is 348 g/mol. The lowest BCUT2D eigenvalue weighted by molar-refractivity contribution is -0.142. The lowest BCUT2D eigenvalue weighted by atomic mass is 9.60. The highest BCUT2D eigenvalue weighted by molar-refractivity contribution is 5.86. The molecule has 5 heteroatoms. The normalized spacial score (nSPS) is 30.8. The average molecular weight is 383 g/mol. The Morgan fingerprint density at radius 3 is 2.57 bits per heavy atom. The molecule has 28 heavy (non-hydrogen) atoms. The summed E-state index contributed by atoms with van der Waals surface area (Å²) in [6.07, 6.45) is 10.1. The van der Waals surface area contributed by atoms with E-state index in [1.165, 1.54) is 50.9 Å². The van der Waals surface area contributed by atoms with Crippen molar-refractivity contribution >= 4 is 5.91 Å². The van der Waals surface area contributed by atoms with Crippen LogP contribution in [0.25, 0.3) is 0 Å². The minimum Gasteiger partial charge on any atom is -0.342 e. The number of piperidine rings is 1. The van der Waals surface area contributed by atoms with Gasteiger partial charge in [0.15, 0.2) is 0 Å². The maximum Gasteiger partial charge on any atom is 0.230 e. The first kappa shape index (κ1) is 18.6. The Morgan fingerprint density at radius 2 is 1.93 bits per heavy atom. The van der Waals surface area contributed by atoms with E-state index in [1.54, 1.807) is 0 Å². The van der Waals surface area contributed by atoms with Gasteiger partial charge in [-0.3, -0.25) is 14.7 Å². The molecule has 1 aliphatic carbocycles. The third-order valence-corrected chi connectivity index (χ3v) is 8.08. The van der Waals surface area contributed by atoms with Gasteiger partial charge in [0.2, 0.25) is 5.91 Å². The van der Waals surface area contributed by atoms with Gasteiger partial charge in [0.05, 0.1) is 5.41 Å². The van der Waals surface area contributed by atoms with Crippen LogP contribution >= 0.6 is 0 Å². The van der Waals surface area contributed by atoms with Crippen molar-refractivity contribution in [1.29, 1.82) is 0 Å². The molecule has 1 aromatic rings. The molecule has 5 rings (SSSR count). The summed E-state index contributed by atoms with van der Waals surface area (Å²) in [7, 11) is 0. The lowest BCUT2D eigenvalue weighted by Gasteiger charge is -2.47. The molecule has 4 heterocycles.